The Morgan fingerprint density at radius 3 is 2.18 bits per heavy atom. The van der Waals surface area contributed by atoms with Crippen molar-refractivity contribution in [2.45, 2.75) is 32.4 Å². The molecule has 0 spiro atoms. The highest BCUT2D eigenvalue weighted by Crippen LogP contribution is 2.32. The molecule has 4 aromatic rings. The second-order valence-corrected chi connectivity index (χ2v) is 8.99. The van der Waals surface area contributed by atoms with Crippen LogP contribution in [0.2, 0.25) is 0 Å². The van der Waals surface area contributed by atoms with Crippen molar-refractivity contribution in [3.63, 3.8) is 0 Å². The van der Waals surface area contributed by atoms with E-state index < -0.39 is 17.5 Å². The zero-order chi connectivity index (χ0) is 24.1. The minimum atomic E-state index is -0.951. The molecule has 0 aliphatic heterocycles. The van der Waals surface area contributed by atoms with E-state index in [2.05, 4.69) is 10.3 Å². The lowest BCUT2D eigenvalue weighted by Gasteiger charge is -2.33. The van der Waals surface area contributed by atoms with Gasteiger partial charge in [-0.05, 0) is 62.2 Å². The van der Waals surface area contributed by atoms with Crippen molar-refractivity contribution in [2.24, 2.45) is 0 Å². The fourth-order valence-corrected chi connectivity index (χ4v) is 3.74. The van der Waals surface area contributed by atoms with Crippen LogP contribution in [0.4, 0.5) is 5.69 Å². The Morgan fingerprint density at radius 2 is 1.59 bits per heavy atom. The first-order valence-corrected chi connectivity index (χ1v) is 11.1. The summed E-state index contributed by atoms with van der Waals surface area (Å²) in [7, 11) is 0. The molecule has 1 atom stereocenters. The van der Waals surface area contributed by atoms with Gasteiger partial charge in [0.15, 0.2) is 5.76 Å². The summed E-state index contributed by atoms with van der Waals surface area (Å²) in [6.45, 7) is 5.70. The number of nitrogens with zero attached hydrogens (tertiary/aromatic N) is 2. The number of benzene rings is 2. The van der Waals surface area contributed by atoms with Crippen LogP contribution in [-0.2, 0) is 4.79 Å². The number of carbonyl (C=O) groups is 2. The molecule has 2 aromatic heterocycles. The Kier molecular flexibility index (Phi) is 6.59. The van der Waals surface area contributed by atoms with Crippen LogP contribution in [0.1, 0.15) is 42.9 Å². The lowest BCUT2D eigenvalue weighted by Crippen LogP contribution is -2.49. The summed E-state index contributed by atoms with van der Waals surface area (Å²) in [5, 5.41) is 3.01. The number of amides is 2. The van der Waals surface area contributed by atoms with E-state index in [0.29, 0.717) is 11.3 Å². The molecule has 2 heterocycles. The summed E-state index contributed by atoms with van der Waals surface area (Å²) < 4.78 is 5.42. The topological polar surface area (TPSA) is 75.4 Å². The Bertz CT molecular complexity index is 1230. The van der Waals surface area contributed by atoms with Gasteiger partial charge < -0.3 is 9.73 Å². The molecule has 0 aliphatic carbocycles. The van der Waals surface area contributed by atoms with Crippen LogP contribution in [0.15, 0.2) is 102 Å². The van der Waals surface area contributed by atoms with Gasteiger partial charge in [-0.1, -0.05) is 48.5 Å². The highest BCUT2D eigenvalue weighted by molar-refractivity contribution is 6.08. The third-order valence-electron chi connectivity index (χ3n) is 5.21. The van der Waals surface area contributed by atoms with Gasteiger partial charge in [-0.2, -0.15) is 0 Å². The summed E-state index contributed by atoms with van der Waals surface area (Å²) in [6, 6.07) is 23.4. The number of carbonyl (C=O) groups excluding carboxylic acids is 2. The average Bonchev–Trinajstić information content (AvgIpc) is 3.37. The fourth-order valence-electron chi connectivity index (χ4n) is 3.74. The first kappa shape index (κ1) is 23.0. The Hall–Kier alpha value is -4.19. The fraction of sp³-hybridized carbons (Fsp3) is 0.179. The van der Waals surface area contributed by atoms with Gasteiger partial charge >= 0.3 is 0 Å². The van der Waals surface area contributed by atoms with Crippen molar-refractivity contribution >= 4 is 17.5 Å². The number of hydrogen-bond acceptors (Lipinski definition) is 4. The number of pyridine rings is 1. The molecular weight excluding hydrogens is 426 g/mol. The zero-order valence-electron chi connectivity index (χ0n) is 19.4. The van der Waals surface area contributed by atoms with Crippen LogP contribution in [-0.4, -0.2) is 22.3 Å². The van der Waals surface area contributed by atoms with Crippen molar-refractivity contribution in [1.29, 1.82) is 0 Å². The molecule has 0 fully saturated rings. The van der Waals surface area contributed by atoms with Gasteiger partial charge in [-0.15, -0.1) is 0 Å². The molecule has 0 radical (unpaired) electrons. The van der Waals surface area contributed by atoms with Crippen LogP contribution in [0.3, 0.4) is 0 Å². The molecule has 6 heteroatoms. The number of nitrogens with one attached hydrogen (secondary N) is 1. The van der Waals surface area contributed by atoms with E-state index >= 15 is 0 Å². The zero-order valence-corrected chi connectivity index (χ0v) is 19.4. The van der Waals surface area contributed by atoms with Gasteiger partial charge in [0.25, 0.3) is 5.91 Å². The Morgan fingerprint density at radius 1 is 0.882 bits per heavy atom. The van der Waals surface area contributed by atoms with E-state index in [-0.39, 0.29) is 11.7 Å². The first-order chi connectivity index (χ1) is 16.3. The predicted octanol–water partition coefficient (Wildman–Crippen LogP) is 5.64. The van der Waals surface area contributed by atoms with E-state index in [0.717, 1.165) is 11.1 Å². The van der Waals surface area contributed by atoms with E-state index in [1.54, 1.807) is 36.7 Å². The molecule has 0 aliphatic rings. The van der Waals surface area contributed by atoms with Crippen LogP contribution in [0.5, 0.6) is 0 Å². The third kappa shape index (κ3) is 5.23. The average molecular weight is 454 g/mol. The molecule has 172 valence electrons. The lowest BCUT2D eigenvalue weighted by molar-refractivity contribution is -0.123. The van der Waals surface area contributed by atoms with Crippen molar-refractivity contribution in [1.82, 2.24) is 10.3 Å². The van der Waals surface area contributed by atoms with E-state index in [9.17, 15) is 9.59 Å². The van der Waals surface area contributed by atoms with Crippen LogP contribution in [0, 0.1) is 0 Å². The van der Waals surface area contributed by atoms with Crippen LogP contribution < -0.4 is 10.2 Å². The van der Waals surface area contributed by atoms with E-state index in [4.69, 9.17) is 4.42 Å². The Balaban J connectivity index is 1.82. The molecule has 6 nitrogen and oxygen atoms in total. The van der Waals surface area contributed by atoms with E-state index in [1.165, 1.54) is 11.2 Å². The van der Waals surface area contributed by atoms with Crippen molar-refractivity contribution in [3.05, 3.63) is 109 Å². The maximum absolute atomic E-state index is 13.7. The van der Waals surface area contributed by atoms with Gasteiger partial charge in [-0.25, -0.2) is 0 Å². The van der Waals surface area contributed by atoms with Gasteiger partial charge in [0.1, 0.15) is 6.04 Å². The second kappa shape index (κ2) is 9.75. The predicted molar refractivity (Wildman–Crippen MR) is 132 cm³/mol. The number of rotatable bonds is 6. The summed E-state index contributed by atoms with van der Waals surface area (Å²) >= 11 is 0. The third-order valence-corrected chi connectivity index (χ3v) is 5.21. The summed E-state index contributed by atoms with van der Waals surface area (Å²) in [6.07, 6.45) is 4.68. The number of anilines is 1. The van der Waals surface area contributed by atoms with Crippen molar-refractivity contribution in [3.8, 4) is 11.1 Å². The van der Waals surface area contributed by atoms with Gasteiger partial charge in [0.05, 0.1) is 6.26 Å². The highest BCUT2D eigenvalue weighted by atomic mass is 16.3. The highest BCUT2D eigenvalue weighted by Gasteiger charge is 2.36. The number of hydrogen-bond donors (Lipinski definition) is 1. The van der Waals surface area contributed by atoms with Crippen molar-refractivity contribution in [2.75, 3.05) is 4.90 Å². The van der Waals surface area contributed by atoms with Gasteiger partial charge in [0, 0.05) is 29.2 Å². The van der Waals surface area contributed by atoms with E-state index in [1.807, 2.05) is 75.4 Å². The van der Waals surface area contributed by atoms with Crippen molar-refractivity contribution < 1.29 is 14.0 Å². The molecule has 1 unspecified atom stereocenters. The molecule has 0 saturated heterocycles. The molecule has 34 heavy (non-hydrogen) atoms. The first-order valence-electron chi connectivity index (χ1n) is 11.1. The maximum Gasteiger partial charge on any atom is 0.294 e. The molecule has 0 bridgehead atoms. The summed E-state index contributed by atoms with van der Waals surface area (Å²) in [5.41, 5.74) is 2.74. The molecule has 0 saturated carbocycles. The summed E-state index contributed by atoms with van der Waals surface area (Å²) in [5.74, 6) is -0.590. The largest absolute Gasteiger partial charge is 0.459 e. The standard InChI is InChI=1S/C28H27N3O3/c1-28(2,3)30-26(32)25(22-11-7-17-29-19-22)31(27(33)24-12-8-18-34-24)23-15-13-21(14-16-23)20-9-5-4-6-10-20/h4-19,25H,1-3H3,(H,30,32). The maximum atomic E-state index is 13.7. The van der Waals surface area contributed by atoms with Crippen LogP contribution >= 0.6 is 0 Å². The molecular formula is C28H27N3O3. The van der Waals surface area contributed by atoms with Gasteiger partial charge in [-0.3, -0.25) is 19.5 Å². The quantitative estimate of drug-likeness (QED) is 0.410. The lowest BCUT2D eigenvalue weighted by atomic mass is 10.0. The molecule has 2 aromatic carbocycles. The Labute approximate surface area is 199 Å². The molecule has 2 amide bonds. The second-order valence-electron chi connectivity index (χ2n) is 8.99. The minimum absolute atomic E-state index is 0.143. The minimum Gasteiger partial charge on any atom is -0.459 e. The summed E-state index contributed by atoms with van der Waals surface area (Å²) in [4.78, 5) is 32.9. The molecule has 4 rings (SSSR count). The number of furan rings is 1. The number of aromatic nitrogens is 1. The smallest absolute Gasteiger partial charge is 0.294 e. The monoisotopic (exact) mass is 453 g/mol. The SMILES string of the molecule is CC(C)(C)NC(=O)C(c1cccnc1)N(C(=O)c1ccco1)c1ccc(-c2ccccc2)cc1. The van der Waals surface area contributed by atoms with Crippen LogP contribution in [0.25, 0.3) is 11.1 Å². The van der Waals surface area contributed by atoms with Gasteiger partial charge in [0.2, 0.25) is 5.91 Å². The normalized spacial score (nSPS) is 12.1. The molecule has 1 N–H and O–H groups in total.